The van der Waals surface area contributed by atoms with Crippen LogP contribution in [0.1, 0.15) is 77.0 Å². The number of aromatic nitrogens is 1. The van der Waals surface area contributed by atoms with E-state index in [1.807, 2.05) is 0 Å². The molecule has 1 aliphatic rings. The third-order valence-electron chi connectivity index (χ3n) is 5.27. The maximum atomic E-state index is 9.30. The summed E-state index contributed by atoms with van der Waals surface area (Å²) >= 11 is 0. The lowest BCUT2D eigenvalue weighted by atomic mass is 10.1. The average molecular weight is 416 g/mol. The van der Waals surface area contributed by atoms with Gasteiger partial charge in [-0.2, -0.15) is 5.26 Å². The van der Waals surface area contributed by atoms with Crippen molar-refractivity contribution in [3.8, 4) is 6.19 Å². The van der Waals surface area contributed by atoms with Gasteiger partial charge in [-0.3, -0.25) is 4.98 Å². The molecule has 1 aromatic heterocycles. The van der Waals surface area contributed by atoms with Gasteiger partial charge in [-0.25, -0.2) is 9.89 Å². The number of unbranched alkanes of at least 4 members (excludes halogenated alkanes) is 8. The van der Waals surface area contributed by atoms with Crippen LogP contribution in [0.25, 0.3) is 0 Å². The molecule has 0 bridgehead atoms. The molecule has 1 aromatic rings. The third-order valence-corrected chi connectivity index (χ3v) is 5.27. The zero-order chi connectivity index (χ0) is 21.3. The van der Waals surface area contributed by atoms with Crippen LogP contribution in [0.15, 0.2) is 29.5 Å². The van der Waals surface area contributed by atoms with Crippen molar-refractivity contribution in [2.75, 3.05) is 19.8 Å². The maximum Gasteiger partial charge on any atom is 0.209 e. The lowest BCUT2D eigenvalue weighted by Gasteiger charge is -2.22. The normalized spacial score (nSPS) is 16.9. The topological polar surface area (TPSA) is 96.8 Å². The lowest BCUT2D eigenvalue weighted by molar-refractivity contribution is -0.162. The van der Waals surface area contributed by atoms with E-state index in [2.05, 4.69) is 16.2 Å². The Balaban J connectivity index is 1.41. The van der Waals surface area contributed by atoms with Gasteiger partial charge in [-0.15, -0.1) is 0 Å². The van der Waals surface area contributed by atoms with E-state index >= 15 is 0 Å². The highest BCUT2D eigenvalue weighted by atomic mass is 16.7. The standard InChI is InChI=1S/C23H37N5O2/c24-20-28(23(25)27-21-13-15-26-16-14-21)17-9-6-4-2-1-3-5-7-10-18-29-22-12-8-11-19-30-22/h13-16,22H,1-12,17-19H2,(H2,25,26,27). The van der Waals surface area contributed by atoms with E-state index in [-0.39, 0.29) is 12.2 Å². The fourth-order valence-electron chi connectivity index (χ4n) is 3.49. The lowest BCUT2D eigenvalue weighted by Crippen LogP contribution is -2.34. The summed E-state index contributed by atoms with van der Waals surface area (Å²) in [5, 5.41) is 9.30. The van der Waals surface area contributed by atoms with E-state index in [0.29, 0.717) is 12.2 Å². The van der Waals surface area contributed by atoms with Crippen LogP contribution in [0.4, 0.5) is 5.69 Å². The quantitative estimate of drug-likeness (QED) is 0.153. The van der Waals surface area contributed by atoms with Crippen molar-refractivity contribution in [3.05, 3.63) is 24.5 Å². The molecule has 1 aliphatic heterocycles. The van der Waals surface area contributed by atoms with Crippen molar-refractivity contribution in [1.29, 1.82) is 5.26 Å². The first-order chi connectivity index (χ1) is 14.8. The van der Waals surface area contributed by atoms with Crippen LogP contribution >= 0.6 is 0 Å². The Labute approximate surface area is 181 Å². The van der Waals surface area contributed by atoms with Crippen molar-refractivity contribution >= 4 is 11.6 Å². The zero-order valence-corrected chi connectivity index (χ0v) is 18.2. The summed E-state index contributed by atoms with van der Waals surface area (Å²) in [6.07, 6.45) is 19.6. The summed E-state index contributed by atoms with van der Waals surface area (Å²) in [6, 6.07) is 3.53. The summed E-state index contributed by atoms with van der Waals surface area (Å²) < 4.78 is 11.3. The first-order valence-corrected chi connectivity index (χ1v) is 11.4. The molecule has 2 heterocycles. The molecule has 0 amide bonds. The van der Waals surface area contributed by atoms with E-state index in [1.165, 1.54) is 56.3 Å². The molecular weight excluding hydrogens is 378 g/mol. The average Bonchev–Trinajstić information content (AvgIpc) is 2.78. The molecule has 2 rings (SSSR count). The van der Waals surface area contributed by atoms with E-state index in [9.17, 15) is 5.26 Å². The zero-order valence-electron chi connectivity index (χ0n) is 18.2. The van der Waals surface area contributed by atoms with Gasteiger partial charge in [-0.1, -0.05) is 44.9 Å². The molecule has 0 spiro atoms. The molecule has 30 heavy (non-hydrogen) atoms. The van der Waals surface area contributed by atoms with Crippen LogP contribution < -0.4 is 5.73 Å². The van der Waals surface area contributed by atoms with Crippen molar-refractivity contribution < 1.29 is 9.47 Å². The SMILES string of the molecule is N#CN(CCCCCCCCCCCOC1CCCCO1)C(N)=Nc1ccncc1. The monoisotopic (exact) mass is 415 g/mol. The largest absolute Gasteiger partial charge is 0.369 e. The van der Waals surface area contributed by atoms with E-state index in [1.54, 1.807) is 24.5 Å². The highest BCUT2D eigenvalue weighted by Crippen LogP contribution is 2.15. The van der Waals surface area contributed by atoms with Gasteiger partial charge in [0.2, 0.25) is 5.96 Å². The molecular formula is C23H37N5O2. The number of ether oxygens (including phenoxy) is 2. The Kier molecular flexibility index (Phi) is 12.6. The van der Waals surface area contributed by atoms with Gasteiger partial charge in [0.1, 0.15) is 0 Å². The minimum absolute atomic E-state index is 0.0490. The summed E-state index contributed by atoms with van der Waals surface area (Å²) in [7, 11) is 0. The fourth-order valence-corrected chi connectivity index (χ4v) is 3.49. The second-order valence-corrected chi connectivity index (χ2v) is 7.78. The molecule has 0 radical (unpaired) electrons. The number of nitrogens with two attached hydrogens (primary N) is 1. The smallest absolute Gasteiger partial charge is 0.209 e. The van der Waals surface area contributed by atoms with Gasteiger partial charge in [0.05, 0.1) is 5.69 Å². The van der Waals surface area contributed by atoms with Crippen LogP contribution in [0.5, 0.6) is 0 Å². The molecule has 1 unspecified atom stereocenters. The molecule has 1 fully saturated rings. The van der Waals surface area contributed by atoms with Gasteiger partial charge in [0.15, 0.2) is 12.5 Å². The highest BCUT2D eigenvalue weighted by molar-refractivity contribution is 5.82. The molecule has 0 aliphatic carbocycles. The third kappa shape index (κ3) is 10.6. The Bertz CT molecular complexity index is 626. The van der Waals surface area contributed by atoms with Crippen LogP contribution in [-0.4, -0.2) is 41.9 Å². The number of hydrogen-bond acceptors (Lipinski definition) is 5. The second kappa shape index (κ2) is 15.6. The van der Waals surface area contributed by atoms with E-state index in [4.69, 9.17) is 15.2 Å². The van der Waals surface area contributed by atoms with Crippen molar-refractivity contribution in [1.82, 2.24) is 9.88 Å². The second-order valence-electron chi connectivity index (χ2n) is 7.78. The molecule has 166 valence electrons. The summed E-state index contributed by atoms with van der Waals surface area (Å²) in [5.41, 5.74) is 6.66. The van der Waals surface area contributed by atoms with E-state index in [0.717, 1.165) is 38.9 Å². The Morgan fingerprint density at radius 2 is 1.77 bits per heavy atom. The molecule has 7 heteroatoms. The first kappa shape index (κ1) is 24.1. The van der Waals surface area contributed by atoms with Crippen LogP contribution in [0.3, 0.4) is 0 Å². The summed E-state index contributed by atoms with van der Waals surface area (Å²) in [4.78, 5) is 9.67. The molecule has 1 atom stereocenters. The van der Waals surface area contributed by atoms with Crippen LogP contribution in [-0.2, 0) is 9.47 Å². The van der Waals surface area contributed by atoms with E-state index < -0.39 is 0 Å². The molecule has 0 saturated carbocycles. The molecule has 7 nitrogen and oxygen atoms in total. The van der Waals surface area contributed by atoms with Crippen molar-refractivity contribution in [2.24, 2.45) is 10.7 Å². The Morgan fingerprint density at radius 1 is 1.10 bits per heavy atom. The number of pyridine rings is 1. The van der Waals surface area contributed by atoms with Crippen LogP contribution in [0, 0.1) is 11.5 Å². The summed E-state index contributed by atoms with van der Waals surface area (Å²) in [6.45, 7) is 2.29. The summed E-state index contributed by atoms with van der Waals surface area (Å²) in [5.74, 6) is 0.239. The number of hydrogen-bond donors (Lipinski definition) is 1. The van der Waals surface area contributed by atoms with Crippen molar-refractivity contribution in [2.45, 2.75) is 83.3 Å². The number of aliphatic imine (C=N–C) groups is 1. The molecule has 1 saturated heterocycles. The fraction of sp³-hybridized carbons (Fsp3) is 0.696. The minimum atomic E-state index is 0.0490. The van der Waals surface area contributed by atoms with Crippen LogP contribution in [0.2, 0.25) is 0 Å². The van der Waals surface area contributed by atoms with Gasteiger partial charge in [-0.05, 0) is 44.2 Å². The molecule has 0 aromatic carbocycles. The van der Waals surface area contributed by atoms with Gasteiger partial charge in [0, 0.05) is 32.2 Å². The van der Waals surface area contributed by atoms with Gasteiger partial charge >= 0.3 is 0 Å². The highest BCUT2D eigenvalue weighted by Gasteiger charge is 2.13. The van der Waals surface area contributed by atoms with Gasteiger partial charge in [0.25, 0.3) is 0 Å². The number of guanidine groups is 1. The maximum absolute atomic E-state index is 9.30. The minimum Gasteiger partial charge on any atom is -0.369 e. The number of nitrogens with zero attached hydrogens (tertiary/aromatic N) is 4. The Hall–Kier alpha value is -2.17. The van der Waals surface area contributed by atoms with Crippen molar-refractivity contribution in [3.63, 3.8) is 0 Å². The number of nitriles is 1. The predicted octanol–water partition coefficient (Wildman–Crippen LogP) is 4.86. The van der Waals surface area contributed by atoms with Gasteiger partial charge < -0.3 is 15.2 Å². The number of rotatable bonds is 14. The predicted molar refractivity (Wildman–Crippen MR) is 119 cm³/mol. The molecule has 2 N–H and O–H groups in total. The first-order valence-electron chi connectivity index (χ1n) is 11.4. The Morgan fingerprint density at radius 3 is 2.40 bits per heavy atom.